The fourth-order valence-electron chi connectivity index (χ4n) is 1.06. The van der Waals surface area contributed by atoms with Gasteiger partial charge in [-0.1, -0.05) is 12.2 Å². The molecule has 0 saturated heterocycles. The van der Waals surface area contributed by atoms with Crippen molar-refractivity contribution in [2.45, 2.75) is 13.8 Å². The Hall–Kier alpha value is -1.55. The average Bonchev–Trinajstić information content (AvgIpc) is 2.09. The summed E-state index contributed by atoms with van der Waals surface area (Å²) in [5.74, 6) is 2.56. The SMILES string of the molecule is C#Cc1nccc(C)c1/C=C\C. The first-order valence-corrected chi connectivity index (χ1v) is 3.84. The Morgan fingerprint density at radius 2 is 2.33 bits per heavy atom. The van der Waals surface area contributed by atoms with Crippen molar-refractivity contribution >= 4 is 6.08 Å². The number of hydrogen-bond acceptors (Lipinski definition) is 1. The number of hydrogen-bond donors (Lipinski definition) is 0. The molecule has 1 aromatic rings. The van der Waals surface area contributed by atoms with Crippen LogP contribution in [0.2, 0.25) is 0 Å². The quantitative estimate of drug-likeness (QED) is 0.570. The van der Waals surface area contributed by atoms with Crippen LogP contribution in [-0.4, -0.2) is 4.98 Å². The van der Waals surface area contributed by atoms with Gasteiger partial charge in [-0.15, -0.1) is 6.42 Å². The molecule has 0 bridgehead atoms. The topological polar surface area (TPSA) is 12.9 Å². The van der Waals surface area contributed by atoms with E-state index in [0.717, 1.165) is 11.1 Å². The normalized spacial score (nSPS) is 10.1. The average molecular weight is 157 g/mol. The minimum atomic E-state index is 0.716. The number of rotatable bonds is 1. The van der Waals surface area contributed by atoms with E-state index in [4.69, 9.17) is 6.42 Å². The largest absolute Gasteiger partial charge is 0.247 e. The lowest BCUT2D eigenvalue weighted by molar-refractivity contribution is 1.23. The maximum atomic E-state index is 5.30. The summed E-state index contributed by atoms with van der Waals surface area (Å²) in [4.78, 5) is 4.09. The second-order valence-electron chi connectivity index (χ2n) is 2.53. The Bertz CT molecular complexity index is 343. The Morgan fingerprint density at radius 3 is 2.92 bits per heavy atom. The lowest BCUT2D eigenvalue weighted by Crippen LogP contribution is -1.90. The molecule has 0 aromatic carbocycles. The zero-order chi connectivity index (χ0) is 8.97. The predicted molar refractivity (Wildman–Crippen MR) is 51.6 cm³/mol. The number of nitrogens with zero attached hydrogens (tertiary/aromatic N) is 1. The van der Waals surface area contributed by atoms with Gasteiger partial charge >= 0.3 is 0 Å². The Kier molecular flexibility index (Phi) is 2.66. The minimum Gasteiger partial charge on any atom is -0.247 e. The van der Waals surface area contributed by atoms with Gasteiger partial charge in [0.25, 0.3) is 0 Å². The number of aryl methyl sites for hydroxylation is 1. The van der Waals surface area contributed by atoms with Crippen LogP contribution < -0.4 is 0 Å². The van der Waals surface area contributed by atoms with Gasteiger partial charge in [0.15, 0.2) is 0 Å². The maximum absolute atomic E-state index is 5.30. The van der Waals surface area contributed by atoms with Crippen molar-refractivity contribution < 1.29 is 0 Å². The molecule has 0 radical (unpaired) electrons. The Balaban J connectivity index is 3.32. The van der Waals surface area contributed by atoms with Crippen LogP contribution in [0.25, 0.3) is 6.08 Å². The van der Waals surface area contributed by atoms with Crippen LogP contribution in [0, 0.1) is 19.3 Å². The van der Waals surface area contributed by atoms with Crippen LogP contribution in [0.1, 0.15) is 23.7 Å². The highest BCUT2D eigenvalue weighted by Crippen LogP contribution is 2.12. The van der Waals surface area contributed by atoms with Crippen molar-refractivity contribution in [1.82, 2.24) is 4.98 Å². The number of pyridine rings is 1. The number of allylic oxidation sites excluding steroid dienone is 1. The number of aromatic nitrogens is 1. The Labute approximate surface area is 73.2 Å². The lowest BCUT2D eigenvalue weighted by Gasteiger charge is -2.01. The molecule has 0 saturated carbocycles. The minimum absolute atomic E-state index is 0.716. The summed E-state index contributed by atoms with van der Waals surface area (Å²) in [6, 6.07) is 1.95. The molecule has 0 unspecified atom stereocenters. The van der Waals surface area contributed by atoms with Crippen molar-refractivity contribution in [3.63, 3.8) is 0 Å². The van der Waals surface area contributed by atoms with Crippen LogP contribution in [0.5, 0.6) is 0 Å². The molecule has 1 heterocycles. The molecule has 0 aliphatic carbocycles. The van der Waals surface area contributed by atoms with Crippen LogP contribution in [0.4, 0.5) is 0 Å². The predicted octanol–water partition coefficient (Wildman–Crippen LogP) is 2.40. The summed E-state index contributed by atoms with van der Waals surface area (Å²) >= 11 is 0. The van der Waals surface area contributed by atoms with Gasteiger partial charge in [-0.25, -0.2) is 4.98 Å². The first-order valence-electron chi connectivity index (χ1n) is 3.84. The molecule has 0 aliphatic heterocycles. The van der Waals surface area contributed by atoms with Crippen LogP contribution in [-0.2, 0) is 0 Å². The maximum Gasteiger partial charge on any atom is 0.120 e. The highest BCUT2D eigenvalue weighted by molar-refractivity contribution is 5.59. The van der Waals surface area contributed by atoms with E-state index in [9.17, 15) is 0 Å². The third kappa shape index (κ3) is 1.54. The molecule has 0 atom stereocenters. The standard InChI is InChI=1S/C11H11N/c1-4-6-10-9(3)7-8-12-11(10)5-2/h2,4,6-8H,1,3H3/b6-4-. The summed E-state index contributed by atoms with van der Waals surface area (Å²) in [5.41, 5.74) is 2.92. The van der Waals surface area contributed by atoms with Crippen molar-refractivity contribution in [3.8, 4) is 12.3 Å². The molecule has 1 heteroatoms. The summed E-state index contributed by atoms with van der Waals surface area (Å²) in [7, 11) is 0. The van der Waals surface area contributed by atoms with E-state index in [1.54, 1.807) is 6.20 Å². The first kappa shape index (κ1) is 8.55. The van der Waals surface area contributed by atoms with Crippen LogP contribution in [0.3, 0.4) is 0 Å². The smallest absolute Gasteiger partial charge is 0.120 e. The molecule has 0 fully saturated rings. The summed E-state index contributed by atoms with van der Waals surface area (Å²) in [6.45, 7) is 3.99. The third-order valence-corrected chi connectivity index (χ3v) is 1.68. The van der Waals surface area contributed by atoms with E-state index in [0.29, 0.717) is 5.69 Å². The van der Waals surface area contributed by atoms with E-state index in [-0.39, 0.29) is 0 Å². The van der Waals surface area contributed by atoms with E-state index >= 15 is 0 Å². The van der Waals surface area contributed by atoms with Crippen LogP contribution in [0.15, 0.2) is 18.3 Å². The van der Waals surface area contributed by atoms with Crippen LogP contribution >= 0.6 is 0 Å². The van der Waals surface area contributed by atoms with Crippen molar-refractivity contribution in [2.75, 3.05) is 0 Å². The van der Waals surface area contributed by atoms with Gasteiger partial charge in [0.05, 0.1) is 0 Å². The highest BCUT2D eigenvalue weighted by atomic mass is 14.7. The van der Waals surface area contributed by atoms with Crippen molar-refractivity contribution in [3.05, 3.63) is 35.2 Å². The van der Waals surface area contributed by atoms with Gasteiger partial charge in [0.1, 0.15) is 5.69 Å². The molecule has 1 aromatic heterocycles. The van der Waals surface area contributed by atoms with E-state index in [2.05, 4.69) is 10.9 Å². The lowest BCUT2D eigenvalue weighted by atomic mass is 10.1. The molecule has 1 rings (SSSR count). The molecule has 60 valence electrons. The summed E-state index contributed by atoms with van der Waals surface area (Å²) in [5, 5.41) is 0. The van der Waals surface area contributed by atoms with Gasteiger partial charge in [0.2, 0.25) is 0 Å². The monoisotopic (exact) mass is 157 g/mol. The molecule has 0 aliphatic rings. The van der Waals surface area contributed by atoms with Gasteiger partial charge in [-0.3, -0.25) is 0 Å². The van der Waals surface area contributed by atoms with E-state index < -0.39 is 0 Å². The zero-order valence-electron chi connectivity index (χ0n) is 7.33. The van der Waals surface area contributed by atoms with Gasteiger partial charge in [-0.2, -0.15) is 0 Å². The second-order valence-corrected chi connectivity index (χ2v) is 2.53. The molecular weight excluding hydrogens is 146 g/mol. The second kappa shape index (κ2) is 3.73. The Morgan fingerprint density at radius 1 is 1.58 bits per heavy atom. The molecule has 0 N–H and O–H groups in total. The highest BCUT2D eigenvalue weighted by Gasteiger charge is 1.99. The molecule has 0 amide bonds. The fourth-order valence-corrected chi connectivity index (χ4v) is 1.06. The summed E-state index contributed by atoms with van der Waals surface area (Å²) < 4.78 is 0. The molecule has 12 heavy (non-hydrogen) atoms. The molecular formula is C11H11N. The van der Waals surface area contributed by atoms with Gasteiger partial charge in [-0.05, 0) is 31.4 Å². The molecule has 1 nitrogen and oxygen atoms in total. The fraction of sp³-hybridized carbons (Fsp3) is 0.182. The molecule has 0 spiro atoms. The van der Waals surface area contributed by atoms with E-state index in [1.165, 1.54) is 0 Å². The number of terminal acetylenes is 1. The van der Waals surface area contributed by atoms with Crippen molar-refractivity contribution in [1.29, 1.82) is 0 Å². The first-order chi connectivity index (χ1) is 5.79. The zero-order valence-corrected chi connectivity index (χ0v) is 7.33. The third-order valence-electron chi connectivity index (χ3n) is 1.68. The summed E-state index contributed by atoms with van der Waals surface area (Å²) in [6.07, 6.45) is 11.0. The van der Waals surface area contributed by atoms with Crippen molar-refractivity contribution in [2.24, 2.45) is 0 Å². The van der Waals surface area contributed by atoms with Gasteiger partial charge < -0.3 is 0 Å². The van der Waals surface area contributed by atoms with Gasteiger partial charge in [0, 0.05) is 11.8 Å². The van der Waals surface area contributed by atoms with E-state index in [1.807, 2.05) is 32.1 Å².